The Labute approximate surface area is 102 Å². The number of piperidine rings is 1. The SMILES string of the molecule is O=S(=O)(Cc1cccnc1)CC1CCNCC1. The fraction of sp³-hybridized carbons (Fsp3) is 0.583. The molecule has 0 aliphatic carbocycles. The van der Waals surface area contributed by atoms with Crippen LogP contribution in [-0.2, 0) is 15.6 Å². The smallest absolute Gasteiger partial charge is 0.154 e. The number of hydrogen-bond donors (Lipinski definition) is 1. The van der Waals surface area contributed by atoms with Crippen LogP contribution in [0.1, 0.15) is 18.4 Å². The van der Waals surface area contributed by atoms with Crippen molar-refractivity contribution in [2.75, 3.05) is 18.8 Å². The minimum absolute atomic E-state index is 0.116. The van der Waals surface area contributed by atoms with Crippen molar-refractivity contribution in [3.05, 3.63) is 30.1 Å². The van der Waals surface area contributed by atoms with Crippen LogP contribution < -0.4 is 5.32 Å². The van der Waals surface area contributed by atoms with E-state index < -0.39 is 9.84 Å². The molecule has 17 heavy (non-hydrogen) atoms. The molecule has 0 aromatic carbocycles. The molecule has 4 nitrogen and oxygen atoms in total. The quantitative estimate of drug-likeness (QED) is 0.870. The molecular weight excluding hydrogens is 236 g/mol. The molecule has 1 aliphatic rings. The molecule has 1 aromatic rings. The molecule has 94 valence electrons. The lowest BCUT2D eigenvalue weighted by molar-refractivity contribution is 0.401. The molecule has 1 N–H and O–H groups in total. The van der Waals surface area contributed by atoms with E-state index in [1.54, 1.807) is 18.5 Å². The van der Waals surface area contributed by atoms with Crippen molar-refractivity contribution in [2.45, 2.75) is 18.6 Å². The predicted octanol–water partition coefficient (Wildman–Crippen LogP) is 0.996. The second-order valence-corrected chi connectivity index (χ2v) is 6.72. The first-order chi connectivity index (χ1) is 8.16. The maximum atomic E-state index is 12.0. The van der Waals surface area contributed by atoms with Crippen molar-refractivity contribution < 1.29 is 8.42 Å². The first kappa shape index (κ1) is 12.5. The van der Waals surface area contributed by atoms with Gasteiger partial charge in [0.05, 0.1) is 11.5 Å². The Morgan fingerprint density at radius 2 is 2.12 bits per heavy atom. The highest BCUT2D eigenvalue weighted by Crippen LogP contribution is 2.16. The van der Waals surface area contributed by atoms with Crippen molar-refractivity contribution in [3.8, 4) is 0 Å². The van der Waals surface area contributed by atoms with Crippen LogP contribution in [0, 0.1) is 5.92 Å². The highest BCUT2D eigenvalue weighted by molar-refractivity contribution is 7.90. The molecule has 0 unspecified atom stereocenters. The van der Waals surface area contributed by atoms with E-state index in [-0.39, 0.29) is 5.75 Å². The molecule has 0 saturated carbocycles. The summed E-state index contributed by atoms with van der Waals surface area (Å²) in [7, 11) is -3.00. The summed E-state index contributed by atoms with van der Waals surface area (Å²) in [5, 5.41) is 3.25. The van der Waals surface area contributed by atoms with Crippen LogP contribution in [0.4, 0.5) is 0 Å². The Bertz CT molecular complexity index is 439. The summed E-state index contributed by atoms with van der Waals surface area (Å²) < 4.78 is 24.0. The number of nitrogens with zero attached hydrogens (tertiary/aromatic N) is 1. The van der Waals surface area contributed by atoms with Crippen molar-refractivity contribution >= 4 is 9.84 Å². The molecule has 1 saturated heterocycles. The maximum absolute atomic E-state index is 12.0. The molecule has 1 fully saturated rings. The Kier molecular flexibility index (Phi) is 4.12. The summed E-state index contributed by atoms with van der Waals surface area (Å²) >= 11 is 0. The van der Waals surface area contributed by atoms with Gasteiger partial charge >= 0.3 is 0 Å². The molecule has 0 spiro atoms. The molecule has 1 aromatic heterocycles. The lowest BCUT2D eigenvalue weighted by atomic mass is 10.0. The third kappa shape index (κ3) is 4.09. The number of rotatable bonds is 4. The largest absolute Gasteiger partial charge is 0.317 e. The third-order valence-electron chi connectivity index (χ3n) is 3.06. The molecule has 0 atom stereocenters. The van der Waals surface area contributed by atoms with E-state index in [2.05, 4.69) is 10.3 Å². The standard InChI is InChI=1S/C12H18N2O2S/c15-17(16,9-11-3-6-13-7-4-11)10-12-2-1-5-14-8-12/h1-2,5,8,11,13H,3-4,6-7,9-10H2. The Morgan fingerprint density at radius 3 is 2.76 bits per heavy atom. The molecular formula is C12H18N2O2S. The van der Waals surface area contributed by atoms with Gasteiger partial charge in [-0.05, 0) is 43.5 Å². The van der Waals surface area contributed by atoms with Crippen LogP contribution in [0.3, 0.4) is 0 Å². The van der Waals surface area contributed by atoms with Gasteiger partial charge in [0.15, 0.2) is 9.84 Å². The monoisotopic (exact) mass is 254 g/mol. The van der Waals surface area contributed by atoms with E-state index in [1.807, 2.05) is 6.07 Å². The minimum Gasteiger partial charge on any atom is -0.317 e. The van der Waals surface area contributed by atoms with E-state index in [4.69, 9.17) is 0 Å². The van der Waals surface area contributed by atoms with Gasteiger partial charge < -0.3 is 5.32 Å². The lowest BCUT2D eigenvalue weighted by Crippen LogP contribution is -2.31. The Balaban J connectivity index is 1.94. The minimum atomic E-state index is -3.00. The van der Waals surface area contributed by atoms with Crippen molar-refractivity contribution in [2.24, 2.45) is 5.92 Å². The van der Waals surface area contributed by atoms with Gasteiger partial charge in [-0.3, -0.25) is 4.98 Å². The summed E-state index contributed by atoms with van der Waals surface area (Å²) in [5.74, 6) is 0.742. The van der Waals surface area contributed by atoms with Gasteiger partial charge in [0.2, 0.25) is 0 Å². The van der Waals surface area contributed by atoms with E-state index in [1.165, 1.54) is 0 Å². The molecule has 0 amide bonds. The number of hydrogen-bond acceptors (Lipinski definition) is 4. The summed E-state index contributed by atoms with van der Waals surface area (Å²) in [6.07, 6.45) is 5.21. The molecule has 2 heterocycles. The normalized spacial score (nSPS) is 18.1. The molecule has 5 heteroatoms. The zero-order chi connectivity index (χ0) is 12.1. The van der Waals surface area contributed by atoms with Crippen LogP contribution in [0.5, 0.6) is 0 Å². The van der Waals surface area contributed by atoms with Crippen LogP contribution in [-0.4, -0.2) is 32.2 Å². The van der Waals surface area contributed by atoms with E-state index in [9.17, 15) is 8.42 Å². The fourth-order valence-electron chi connectivity index (χ4n) is 2.20. The first-order valence-corrected chi connectivity index (χ1v) is 7.78. The zero-order valence-electron chi connectivity index (χ0n) is 9.80. The number of nitrogens with one attached hydrogen (secondary N) is 1. The van der Waals surface area contributed by atoms with Crippen molar-refractivity contribution in [3.63, 3.8) is 0 Å². The van der Waals surface area contributed by atoms with Gasteiger partial charge in [-0.15, -0.1) is 0 Å². The molecule has 0 bridgehead atoms. The van der Waals surface area contributed by atoms with Crippen LogP contribution in [0.15, 0.2) is 24.5 Å². The fourth-order valence-corrected chi connectivity index (χ4v) is 4.05. The van der Waals surface area contributed by atoms with Crippen LogP contribution in [0.2, 0.25) is 0 Å². The topological polar surface area (TPSA) is 59.1 Å². The number of aromatic nitrogens is 1. The van der Waals surface area contributed by atoms with Crippen LogP contribution >= 0.6 is 0 Å². The lowest BCUT2D eigenvalue weighted by Gasteiger charge is -2.22. The van der Waals surface area contributed by atoms with E-state index in [0.717, 1.165) is 31.5 Å². The Morgan fingerprint density at radius 1 is 1.35 bits per heavy atom. The maximum Gasteiger partial charge on any atom is 0.154 e. The van der Waals surface area contributed by atoms with Gasteiger partial charge in [-0.1, -0.05) is 6.07 Å². The first-order valence-electron chi connectivity index (χ1n) is 5.96. The number of sulfone groups is 1. The summed E-state index contributed by atoms with van der Waals surface area (Å²) in [6, 6.07) is 3.59. The van der Waals surface area contributed by atoms with Gasteiger partial charge in [0, 0.05) is 12.4 Å². The van der Waals surface area contributed by atoms with Gasteiger partial charge in [0.25, 0.3) is 0 Å². The average Bonchev–Trinajstić information content (AvgIpc) is 2.30. The second-order valence-electron chi connectivity index (χ2n) is 4.61. The van der Waals surface area contributed by atoms with Crippen molar-refractivity contribution in [1.82, 2.24) is 10.3 Å². The van der Waals surface area contributed by atoms with Gasteiger partial charge in [-0.25, -0.2) is 8.42 Å². The summed E-state index contributed by atoms with van der Waals surface area (Å²) in [4.78, 5) is 3.94. The third-order valence-corrected chi connectivity index (χ3v) is 4.81. The summed E-state index contributed by atoms with van der Waals surface area (Å²) in [6.45, 7) is 1.88. The molecule has 2 rings (SSSR count). The predicted molar refractivity (Wildman–Crippen MR) is 67.3 cm³/mol. The number of pyridine rings is 1. The zero-order valence-corrected chi connectivity index (χ0v) is 10.6. The molecule has 0 radical (unpaired) electrons. The van der Waals surface area contributed by atoms with E-state index >= 15 is 0 Å². The molecule has 1 aliphatic heterocycles. The summed E-state index contributed by atoms with van der Waals surface area (Å²) in [5.41, 5.74) is 0.779. The van der Waals surface area contributed by atoms with E-state index in [0.29, 0.717) is 11.7 Å². The van der Waals surface area contributed by atoms with Crippen LogP contribution in [0.25, 0.3) is 0 Å². The highest BCUT2D eigenvalue weighted by Gasteiger charge is 2.21. The van der Waals surface area contributed by atoms with Crippen molar-refractivity contribution in [1.29, 1.82) is 0 Å². The van der Waals surface area contributed by atoms with Gasteiger partial charge in [0.1, 0.15) is 0 Å². The highest BCUT2D eigenvalue weighted by atomic mass is 32.2. The second kappa shape index (κ2) is 5.60. The van der Waals surface area contributed by atoms with Gasteiger partial charge in [-0.2, -0.15) is 0 Å². The Hall–Kier alpha value is -0.940. The average molecular weight is 254 g/mol.